The Morgan fingerprint density at radius 2 is 2.00 bits per heavy atom. The second kappa shape index (κ2) is 8.67. The van der Waals surface area contributed by atoms with Crippen molar-refractivity contribution in [3.8, 4) is 0 Å². The van der Waals surface area contributed by atoms with Crippen LogP contribution in [0.4, 0.5) is 10.3 Å². The molecule has 0 aliphatic rings. The van der Waals surface area contributed by atoms with E-state index >= 15 is 0 Å². The molecule has 1 heterocycles. The number of thioether (sulfide) groups is 2. The molecule has 0 bridgehead atoms. The number of aromatic nitrogens is 1. The lowest BCUT2D eigenvalue weighted by molar-refractivity contribution is -0.117. The molecule has 0 saturated carbocycles. The van der Waals surface area contributed by atoms with Crippen molar-refractivity contribution in [2.45, 2.75) is 47.6 Å². The van der Waals surface area contributed by atoms with Gasteiger partial charge in [-0.1, -0.05) is 19.0 Å². The molecule has 0 fully saturated rings. The Morgan fingerprint density at radius 1 is 1.30 bits per heavy atom. The lowest BCUT2D eigenvalue weighted by Gasteiger charge is -2.22. The normalized spacial score (nSPS) is 12.3. The summed E-state index contributed by atoms with van der Waals surface area (Å²) in [6.45, 7) is 7.89. The molecule has 2 rings (SSSR count). The Bertz CT molecular complexity index is 806. The van der Waals surface area contributed by atoms with Gasteiger partial charge in [0.25, 0.3) is 0 Å². The molecule has 0 aliphatic carbocycles. The van der Waals surface area contributed by atoms with Crippen molar-refractivity contribution in [2.75, 3.05) is 25.3 Å². The zero-order valence-electron chi connectivity index (χ0n) is 16.4. The van der Waals surface area contributed by atoms with E-state index in [0.29, 0.717) is 17.2 Å². The average molecular weight is 413 g/mol. The average Bonchev–Trinajstić information content (AvgIpc) is 3.06. The van der Waals surface area contributed by atoms with Crippen molar-refractivity contribution in [1.29, 1.82) is 0 Å². The molecular formula is C19H25FN2O3S2. The fourth-order valence-electron chi connectivity index (χ4n) is 2.36. The minimum Gasteiger partial charge on any atom is -0.384 e. The second-order valence-electron chi connectivity index (χ2n) is 7.26. The zero-order chi connectivity index (χ0) is 20.2. The molecule has 8 heteroatoms. The molecule has 0 aliphatic heterocycles. The summed E-state index contributed by atoms with van der Waals surface area (Å²) in [6.07, 6.45) is 1.89. The van der Waals surface area contributed by atoms with E-state index in [2.05, 4.69) is 10.5 Å². The smallest absolute Gasteiger partial charge is 0.242 e. The number of nitrogens with zero attached hydrogens (tertiary/aromatic N) is 1. The Hall–Kier alpha value is -1.51. The van der Waals surface area contributed by atoms with Crippen LogP contribution in [-0.4, -0.2) is 35.8 Å². The van der Waals surface area contributed by atoms with E-state index in [9.17, 15) is 9.18 Å². The first-order valence-electron chi connectivity index (χ1n) is 8.39. The van der Waals surface area contributed by atoms with Crippen LogP contribution in [0.2, 0.25) is 0 Å². The number of carbonyl (C=O) groups excluding carboxylic acids is 1. The monoisotopic (exact) mass is 412 g/mol. The van der Waals surface area contributed by atoms with E-state index in [-0.39, 0.29) is 23.0 Å². The van der Waals surface area contributed by atoms with Crippen LogP contribution in [0, 0.1) is 5.82 Å². The third-order valence-corrected chi connectivity index (χ3v) is 5.97. The highest BCUT2D eigenvalue weighted by Gasteiger charge is 2.32. The first kappa shape index (κ1) is 21.8. The SMILES string of the molecule is COCC(C)(C)c1cc(NC(=O)C(C)(C)Sc2ccc(SC)cc2F)on1. The van der Waals surface area contributed by atoms with E-state index in [1.54, 1.807) is 33.1 Å². The topological polar surface area (TPSA) is 64.4 Å². The Balaban J connectivity index is 2.09. The highest BCUT2D eigenvalue weighted by Crippen LogP contribution is 2.36. The van der Waals surface area contributed by atoms with E-state index in [4.69, 9.17) is 9.26 Å². The van der Waals surface area contributed by atoms with Gasteiger partial charge in [0.1, 0.15) is 5.82 Å². The van der Waals surface area contributed by atoms with Crippen LogP contribution in [-0.2, 0) is 14.9 Å². The fourth-order valence-corrected chi connectivity index (χ4v) is 3.77. The number of nitrogens with one attached hydrogen (secondary N) is 1. The largest absolute Gasteiger partial charge is 0.384 e. The van der Waals surface area contributed by atoms with E-state index in [1.165, 1.54) is 17.8 Å². The maximum atomic E-state index is 14.3. The summed E-state index contributed by atoms with van der Waals surface area (Å²) in [5.74, 6) is -0.380. The summed E-state index contributed by atoms with van der Waals surface area (Å²) in [4.78, 5) is 13.9. The van der Waals surface area contributed by atoms with E-state index < -0.39 is 4.75 Å². The maximum Gasteiger partial charge on any atom is 0.242 e. The summed E-state index contributed by atoms with van der Waals surface area (Å²) in [5.41, 5.74) is 0.344. The number of amides is 1. The van der Waals surface area contributed by atoms with Gasteiger partial charge in [0.2, 0.25) is 11.8 Å². The number of rotatable bonds is 8. The Kier molecular flexibility index (Phi) is 6.99. The standard InChI is InChI=1S/C19H25FN2O3S2/c1-18(2,11-24-5)15-10-16(25-22-15)21-17(23)19(3,4)27-14-8-7-12(26-6)9-13(14)20/h7-10H,11H2,1-6H3,(H,21,23). The van der Waals surface area contributed by atoms with Gasteiger partial charge < -0.3 is 9.26 Å². The molecule has 0 unspecified atom stereocenters. The van der Waals surface area contributed by atoms with Gasteiger partial charge in [0.05, 0.1) is 17.0 Å². The van der Waals surface area contributed by atoms with Crippen LogP contribution in [0.1, 0.15) is 33.4 Å². The minimum atomic E-state index is -0.906. The highest BCUT2D eigenvalue weighted by molar-refractivity contribution is 8.01. The van der Waals surface area contributed by atoms with Crippen LogP contribution in [0.25, 0.3) is 0 Å². The highest BCUT2D eigenvalue weighted by atomic mass is 32.2. The van der Waals surface area contributed by atoms with Gasteiger partial charge in [-0.05, 0) is 38.3 Å². The fraction of sp³-hybridized carbons (Fsp3) is 0.474. The molecule has 0 atom stereocenters. The molecule has 27 heavy (non-hydrogen) atoms. The Morgan fingerprint density at radius 3 is 2.59 bits per heavy atom. The molecular weight excluding hydrogens is 387 g/mol. The number of ether oxygens (including phenoxy) is 1. The van der Waals surface area contributed by atoms with Gasteiger partial charge in [-0.15, -0.1) is 23.5 Å². The summed E-state index contributed by atoms with van der Waals surface area (Å²) in [6, 6.07) is 6.69. The number of hydrogen-bond acceptors (Lipinski definition) is 6. The number of anilines is 1. The van der Waals surface area contributed by atoms with Crippen LogP contribution < -0.4 is 5.32 Å². The molecule has 148 valence electrons. The van der Waals surface area contributed by atoms with Crippen LogP contribution in [0.15, 0.2) is 38.6 Å². The van der Waals surface area contributed by atoms with Crippen molar-refractivity contribution in [1.82, 2.24) is 5.16 Å². The molecule has 2 aromatic rings. The number of methoxy groups -OCH3 is 1. The molecule has 1 aromatic carbocycles. The molecule has 0 saturated heterocycles. The quantitative estimate of drug-likeness (QED) is 0.618. The Labute approximate surface area is 167 Å². The molecule has 0 spiro atoms. The third-order valence-electron chi connectivity index (χ3n) is 4.00. The van der Waals surface area contributed by atoms with Gasteiger partial charge in [-0.2, -0.15) is 0 Å². The van der Waals surface area contributed by atoms with Gasteiger partial charge in [0, 0.05) is 28.4 Å². The predicted octanol–water partition coefficient (Wildman–Crippen LogP) is 4.97. The molecule has 1 aromatic heterocycles. The number of halogens is 1. The van der Waals surface area contributed by atoms with Gasteiger partial charge in [-0.3, -0.25) is 10.1 Å². The number of hydrogen-bond donors (Lipinski definition) is 1. The van der Waals surface area contributed by atoms with Gasteiger partial charge >= 0.3 is 0 Å². The van der Waals surface area contributed by atoms with Crippen molar-refractivity contribution in [3.05, 3.63) is 35.8 Å². The molecule has 0 radical (unpaired) electrons. The summed E-state index contributed by atoms with van der Waals surface area (Å²) in [7, 11) is 1.62. The molecule has 1 amide bonds. The third kappa shape index (κ3) is 5.49. The van der Waals surface area contributed by atoms with Crippen molar-refractivity contribution in [2.24, 2.45) is 0 Å². The van der Waals surface area contributed by atoms with Crippen LogP contribution in [0.3, 0.4) is 0 Å². The minimum absolute atomic E-state index is 0.256. The number of carbonyl (C=O) groups is 1. The predicted molar refractivity (Wildman–Crippen MR) is 108 cm³/mol. The number of benzene rings is 1. The van der Waals surface area contributed by atoms with Gasteiger partial charge in [0.15, 0.2) is 0 Å². The summed E-state index contributed by atoms with van der Waals surface area (Å²) < 4.78 is 23.8. The van der Waals surface area contributed by atoms with E-state index in [0.717, 1.165) is 16.7 Å². The van der Waals surface area contributed by atoms with Crippen LogP contribution >= 0.6 is 23.5 Å². The van der Waals surface area contributed by atoms with Crippen molar-refractivity contribution in [3.63, 3.8) is 0 Å². The van der Waals surface area contributed by atoms with E-state index in [1.807, 2.05) is 26.2 Å². The van der Waals surface area contributed by atoms with Crippen molar-refractivity contribution < 1.29 is 18.4 Å². The first-order valence-corrected chi connectivity index (χ1v) is 10.4. The second-order valence-corrected chi connectivity index (χ2v) is 9.80. The maximum absolute atomic E-state index is 14.3. The zero-order valence-corrected chi connectivity index (χ0v) is 18.0. The summed E-state index contributed by atoms with van der Waals surface area (Å²) in [5, 5.41) is 6.74. The van der Waals surface area contributed by atoms with Gasteiger partial charge in [-0.25, -0.2) is 4.39 Å². The summed E-state index contributed by atoms with van der Waals surface area (Å²) >= 11 is 2.63. The lowest BCUT2D eigenvalue weighted by Crippen LogP contribution is -2.34. The lowest BCUT2D eigenvalue weighted by atomic mass is 9.90. The van der Waals surface area contributed by atoms with Crippen molar-refractivity contribution >= 4 is 35.3 Å². The van der Waals surface area contributed by atoms with Crippen LogP contribution in [0.5, 0.6) is 0 Å². The first-order chi connectivity index (χ1) is 12.6. The molecule has 1 N–H and O–H groups in total. The molecule has 5 nitrogen and oxygen atoms in total.